The number of nitrogens with zero attached hydrogens (tertiary/aromatic N) is 3. The molecule has 6 heteroatoms. The molecule has 0 fully saturated rings. The zero-order valence-corrected chi connectivity index (χ0v) is 14.8. The van der Waals surface area contributed by atoms with Gasteiger partial charge in [-0.2, -0.15) is 5.10 Å². The second-order valence-electron chi connectivity index (χ2n) is 6.31. The highest BCUT2D eigenvalue weighted by Crippen LogP contribution is 2.23. The molecule has 5 nitrogen and oxygen atoms in total. The van der Waals surface area contributed by atoms with E-state index >= 15 is 0 Å². The summed E-state index contributed by atoms with van der Waals surface area (Å²) < 4.78 is 1.78. The summed E-state index contributed by atoms with van der Waals surface area (Å²) in [6, 6.07) is 9.39. The van der Waals surface area contributed by atoms with Crippen LogP contribution in [-0.4, -0.2) is 26.4 Å². The molecule has 0 aliphatic heterocycles. The molecule has 126 valence electrons. The van der Waals surface area contributed by atoms with Gasteiger partial charge in [0.1, 0.15) is 0 Å². The average Bonchev–Trinajstić information content (AvgIpc) is 2.81. The Morgan fingerprint density at radius 3 is 2.88 bits per heavy atom. The fraction of sp³-hybridized carbons (Fsp3) is 0.333. The first-order chi connectivity index (χ1) is 11.4. The summed E-state index contributed by atoms with van der Waals surface area (Å²) in [6.45, 7) is 4.79. The summed E-state index contributed by atoms with van der Waals surface area (Å²) in [5.74, 6) is 0. The Morgan fingerprint density at radius 2 is 2.12 bits per heavy atom. The van der Waals surface area contributed by atoms with Crippen LogP contribution in [0.5, 0.6) is 0 Å². The van der Waals surface area contributed by atoms with E-state index in [1.165, 1.54) is 0 Å². The number of aromatic nitrogens is 3. The molecule has 0 aliphatic carbocycles. The third kappa shape index (κ3) is 3.43. The molecule has 3 rings (SSSR count). The number of hydrogen-bond acceptors (Lipinski definition) is 4. The molecule has 3 aromatic rings. The van der Waals surface area contributed by atoms with Crippen LogP contribution in [0.25, 0.3) is 11.0 Å². The molecule has 0 radical (unpaired) electrons. The van der Waals surface area contributed by atoms with E-state index in [9.17, 15) is 5.11 Å². The molecule has 0 aliphatic rings. The summed E-state index contributed by atoms with van der Waals surface area (Å²) in [5.41, 5.74) is 2.70. The van der Waals surface area contributed by atoms with Crippen LogP contribution in [0.15, 0.2) is 36.5 Å². The van der Waals surface area contributed by atoms with Crippen molar-refractivity contribution in [3.05, 3.63) is 58.4 Å². The number of nitrogens with one attached hydrogen (secondary N) is 1. The number of hydrogen-bond donors (Lipinski definition) is 2. The molecule has 0 spiro atoms. The van der Waals surface area contributed by atoms with Crippen LogP contribution in [0, 0.1) is 6.92 Å². The minimum absolute atomic E-state index is 0.414. The maximum atomic E-state index is 10.7. The quantitative estimate of drug-likeness (QED) is 0.747. The van der Waals surface area contributed by atoms with E-state index in [1.54, 1.807) is 23.7 Å². The van der Waals surface area contributed by atoms with Crippen LogP contribution in [0.2, 0.25) is 5.02 Å². The fourth-order valence-corrected chi connectivity index (χ4v) is 3.01. The predicted molar refractivity (Wildman–Crippen MR) is 96.0 cm³/mol. The molecule has 0 bridgehead atoms. The Kier molecular flexibility index (Phi) is 4.58. The van der Waals surface area contributed by atoms with Gasteiger partial charge in [-0.05, 0) is 43.2 Å². The largest absolute Gasteiger partial charge is 0.384 e. The van der Waals surface area contributed by atoms with Crippen molar-refractivity contribution in [1.82, 2.24) is 20.1 Å². The number of aliphatic hydroxyl groups is 1. The lowest BCUT2D eigenvalue weighted by Gasteiger charge is -2.24. The highest BCUT2D eigenvalue weighted by Gasteiger charge is 2.22. The van der Waals surface area contributed by atoms with E-state index in [0.717, 1.165) is 27.9 Å². The van der Waals surface area contributed by atoms with Crippen LogP contribution in [0.1, 0.15) is 23.7 Å². The fourth-order valence-electron chi connectivity index (χ4n) is 2.82. The number of pyridine rings is 1. The van der Waals surface area contributed by atoms with E-state index in [1.807, 2.05) is 32.3 Å². The summed E-state index contributed by atoms with van der Waals surface area (Å²) in [5, 5.41) is 20.0. The van der Waals surface area contributed by atoms with Crippen LogP contribution in [0.3, 0.4) is 0 Å². The van der Waals surface area contributed by atoms with Gasteiger partial charge in [0, 0.05) is 36.7 Å². The Labute approximate surface area is 146 Å². The van der Waals surface area contributed by atoms with Crippen LogP contribution in [0.4, 0.5) is 0 Å². The maximum Gasteiger partial charge on any atom is 0.157 e. The lowest BCUT2D eigenvalue weighted by Crippen LogP contribution is -2.35. The Morgan fingerprint density at radius 1 is 1.33 bits per heavy atom. The lowest BCUT2D eigenvalue weighted by molar-refractivity contribution is 0.0567. The van der Waals surface area contributed by atoms with Crippen molar-refractivity contribution >= 4 is 22.6 Å². The Bertz CT molecular complexity index is 873. The number of benzene rings is 1. The van der Waals surface area contributed by atoms with Gasteiger partial charge in [-0.15, -0.1) is 0 Å². The Balaban J connectivity index is 1.68. The van der Waals surface area contributed by atoms with E-state index < -0.39 is 5.60 Å². The number of rotatable bonds is 5. The van der Waals surface area contributed by atoms with Crippen molar-refractivity contribution in [2.24, 2.45) is 7.05 Å². The number of halogens is 1. The summed E-state index contributed by atoms with van der Waals surface area (Å²) >= 11 is 6.01. The second kappa shape index (κ2) is 6.51. The van der Waals surface area contributed by atoms with Gasteiger partial charge in [-0.25, -0.2) is 4.98 Å². The van der Waals surface area contributed by atoms with Gasteiger partial charge in [0.25, 0.3) is 0 Å². The molecule has 1 atom stereocenters. The predicted octanol–water partition coefficient (Wildman–Crippen LogP) is 2.93. The van der Waals surface area contributed by atoms with E-state index in [0.29, 0.717) is 18.1 Å². The van der Waals surface area contributed by atoms with Crippen molar-refractivity contribution in [2.75, 3.05) is 6.54 Å². The van der Waals surface area contributed by atoms with Crippen molar-refractivity contribution in [3.8, 4) is 0 Å². The molecule has 1 aromatic carbocycles. The number of aryl methyl sites for hydroxylation is 2. The molecular weight excluding hydrogens is 324 g/mol. The SMILES string of the molecule is Cc1nn(C)c2ncc(CNCC(C)(O)c3cccc(Cl)c3)cc12. The molecule has 0 saturated heterocycles. The summed E-state index contributed by atoms with van der Waals surface area (Å²) in [4.78, 5) is 4.47. The molecule has 2 N–H and O–H groups in total. The van der Waals surface area contributed by atoms with Crippen molar-refractivity contribution in [3.63, 3.8) is 0 Å². The van der Waals surface area contributed by atoms with Crippen molar-refractivity contribution < 1.29 is 5.11 Å². The maximum absolute atomic E-state index is 10.7. The van der Waals surface area contributed by atoms with Gasteiger partial charge >= 0.3 is 0 Å². The molecule has 0 saturated carbocycles. The Hall–Kier alpha value is -1.95. The zero-order valence-electron chi connectivity index (χ0n) is 14.0. The second-order valence-corrected chi connectivity index (χ2v) is 6.75. The van der Waals surface area contributed by atoms with E-state index in [4.69, 9.17) is 11.6 Å². The lowest BCUT2D eigenvalue weighted by atomic mass is 9.96. The van der Waals surface area contributed by atoms with Crippen LogP contribution < -0.4 is 5.32 Å². The number of fused-ring (bicyclic) bond motifs is 1. The molecule has 1 unspecified atom stereocenters. The first-order valence-electron chi connectivity index (χ1n) is 7.84. The molecular formula is C18H21ClN4O. The molecule has 2 heterocycles. The minimum Gasteiger partial charge on any atom is -0.384 e. The summed E-state index contributed by atoms with van der Waals surface area (Å²) in [6.07, 6.45) is 1.84. The van der Waals surface area contributed by atoms with Gasteiger partial charge in [0.2, 0.25) is 0 Å². The van der Waals surface area contributed by atoms with E-state index in [2.05, 4.69) is 21.5 Å². The van der Waals surface area contributed by atoms with Crippen molar-refractivity contribution in [2.45, 2.75) is 26.0 Å². The normalized spacial score (nSPS) is 14.0. The minimum atomic E-state index is -0.993. The molecule has 24 heavy (non-hydrogen) atoms. The zero-order chi connectivity index (χ0) is 17.3. The van der Waals surface area contributed by atoms with Gasteiger partial charge in [0.15, 0.2) is 5.65 Å². The van der Waals surface area contributed by atoms with Crippen LogP contribution in [-0.2, 0) is 19.2 Å². The molecule has 0 amide bonds. The average molecular weight is 345 g/mol. The first-order valence-corrected chi connectivity index (χ1v) is 8.22. The van der Waals surface area contributed by atoms with Gasteiger partial charge < -0.3 is 10.4 Å². The third-order valence-corrected chi connectivity index (χ3v) is 4.40. The van der Waals surface area contributed by atoms with Gasteiger partial charge in [-0.3, -0.25) is 4.68 Å². The standard InChI is InChI=1S/C18H21ClN4O/c1-12-16-7-13(10-21-17(16)23(3)22-12)9-20-11-18(2,24)14-5-4-6-15(19)8-14/h4-8,10,20,24H,9,11H2,1-3H3. The van der Waals surface area contributed by atoms with Crippen LogP contribution >= 0.6 is 11.6 Å². The topological polar surface area (TPSA) is 63.0 Å². The monoisotopic (exact) mass is 344 g/mol. The highest BCUT2D eigenvalue weighted by atomic mass is 35.5. The van der Waals surface area contributed by atoms with Crippen molar-refractivity contribution in [1.29, 1.82) is 0 Å². The smallest absolute Gasteiger partial charge is 0.157 e. The summed E-state index contributed by atoms with van der Waals surface area (Å²) in [7, 11) is 1.89. The van der Waals surface area contributed by atoms with Gasteiger partial charge in [0.05, 0.1) is 11.3 Å². The van der Waals surface area contributed by atoms with E-state index in [-0.39, 0.29) is 0 Å². The first kappa shape index (κ1) is 16.9. The highest BCUT2D eigenvalue weighted by molar-refractivity contribution is 6.30. The third-order valence-electron chi connectivity index (χ3n) is 4.16. The van der Waals surface area contributed by atoms with Gasteiger partial charge in [-0.1, -0.05) is 23.7 Å². The molecule has 2 aromatic heterocycles.